The minimum absolute atomic E-state index is 0.616. The van der Waals surface area contributed by atoms with E-state index in [1.165, 1.54) is 109 Å². The van der Waals surface area contributed by atoms with Crippen LogP contribution in [0.2, 0.25) is 0 Å². The summed E-state index contributed by atoms with van der Waals surface area (Å²) in [7, 11) is 0. The molecular formula is C42H69NOS. The summed E-state index contributed by atoms with van der Waals surface area (Å²) in [6, 6.07) is 2.69. The third-order valence-electron chi connectivity index (χ3n) is 16.6. The molecule has 7 saturated carbocycles. The second kappa shape index (κ2) is 13.9. The fourth-order valence-corrected chi connectivity index (χ4v) is 17.2. The van der Waals surface area contributed by atoms with E-state index in [0.717, 1.165) is 76.0 Å². The molecule has 0 aromatic carbocycles. The van der Waals surface area contributed by atoms with E-state index < -0.39 is 0 Å². The van der Waals surface area contributed by atoms with Gasteiger partial charge < -0.3 is 4.74 Å². The number of hydrogen-bond acceptors (Lipinski definition) is 3. The second-order valence-electron chi connectivity index (χ2n) is 18.5. The highest BCUT2D eigenvalue weighted by Gasteiger charge is 2.60. The van der Waals surface area contributed by atoms with Crippen molar-refractivity contribution < 1.29 is 4.74 Å². The molecule has 2 aliphatic heterocycles. The minimum atomic E-state index is 0.616. The smallest absolute Gasteiger partial charge is 0.0621 e. The molecule has 9 rings (SSSR count). The van der Waals surface area contributed by atoms with Crippen molar-refractivity contribution in [3.8, 4) is 0 Å². The van der Waals surface area contributed by atoms with E-state index in [2.05, 4.69) is 16.7 Å². The van der Waals surface area contributed by atoms with Gasteiger partial charge in [0.1, 0.15) is 0 Å². The van der Waals surface area contributed by atoms with Gasteiger partial charge in [-0.25, -0.2) is 0 Å². The van der Waals surface area contributed by atoms with Crippen molar-refractivity contribution in [3.63, 3.8) is 0 Å². The number of thioether (sulfide) groups is 1. The van der Waals surface area contributed by atoms with Crippen LogP contribution in [0.1, 0.15) is 173 Å². The van der Waals surface area contributed by atoms with Crippen LogP contribution in [0.5, 0.6) is 0 Å². The van der Waals surface area contributed by atoms with Crippen molar-refractivity contribution in [1.29, 1.82) is 0 Å². The zero-order valence-electron chi connectivity index (χ0n) is 29.0. The fourth-order valence-electron chi connectivity index (χ4n) is 14.7. The normalized spacial score (nSPS) is 49.7. The van der Waals surface area contributed by atoms with Gasteiger partial charge in [-0.15, -0.1) is 0 Å². The van der Waals surface area contributed by atoms with Gasteiger partial charge in [0, 0.05) is 34.5 Å². The number of hydrogen-bond donors (Lipinski definition) is 0. The average Bonchev–Trinajstić information content (AvgIpc) is 3.69. The van der Waals surface area contributed by atoms with E-state index in [9.17, 15) is 0 Å². The Hall–Kier alpha value is 0.270. The molecule has 0 bridgehead atoms. The molecule has 0 amide bonds. The maximum atomic E-state index is 6.91. The molecule has 9 aliphatic rings. The first-order valence-corrected chi connectivity index (χ1v) is 22.4. The number of fused-ring (bicyclic) bond motifs is 7. The first-order chi connectivity index (χ1) is 22.3. The van der Waals surface area contributed by atoms with Crippen LogP contribution in [-0.4, -0.2) is 45.7 Å². The van der Waals surface area contributed by atoms with Crippen LogP contribution in [-0.2, 0) is 4.74 Å². The molecule has 254 valence electrons. The zero-order chi connectivity index (χ0) is 29.7. The fraction of sp³-hybridized carbons (Fsp3) is 1.00. The van der Waals surface area contributed by atoms with Crippen LogP contribution >= 0.6 is 11.8 Å². The molecule has 7 aliphatic carbocycles. The molecule has 45 heavy (non-hydrogen) atoms. The van der Waals surface area contributed by atoms with E-state index in [0.29, 0.717) is 12.2 Å². The quantitative estimate of drug-likeness (QED) is 0.298. The van der Waals surface area contributed by atoms with E-state index in [1.807, 2.05) is 0 Å². The van der Waals surface area contributed by atoms with Crippen LogP contribution in [0.15, 0.2) is 0 Å². The molecule has 0 radical (unpaired) electrons. The van der Waals surface area contributed by atoms with Crippen LogP contribution < -0.4 is 0 Å². The minimum Gasteiger partial charge on any atom is -0.374 e. The molecule has 2 heterocycles. The maximum absolute atomic E-state index is 6.91. The second-order valence-corrected chi connectivity index (χ2v) is 19.9. The topological polar surface area (TPSA) is 12.5 Å². The highest BCUT2D eigenvalue weighted by Crippen LogP contribution is 2.62. The third-order valence-corrected chi connectivity index (χ3v) is 18.6. The molecule has 3 heteroatoms. The standard InChI is InChI=1S/C42H69NOS/c1-3-12-28(13-4-1)29-22-24-31(25-23-29)43(36-19-9-7-16-32(36)30-14-5-2-6-15-30)37-20-11-18-33-34-26-27-39-40(42(34)45-41(33)37)35-17-8-10-21-38(35)44-39/h28-42H,1-27H2. The number of rotatable bonds is 5. The van der Waals surface area contributed by atoms with Crippen molar-refractivity contribution in [2.75, 3.05) is 0 Å². The maximum Gasteiger partial charge on any atom is 0.0621 e. The van der Waals surface area contributed by atoms with E-state index in [1.54, 1.807) is 64.2 Å². The highest BCUT2D eigenvalue weighted by molar-refractivity contribution is 8.00. The largest absolute Gasteiger partial charge is 0.374 e. The molecule has 2 saturated heterocycles. The van der Waals surface area contributed by atoms with E-state index >= 15 is 0 Å². The molecular weight excluding hydrogens is 567 g/mol. The number of ether oxygens (including phenoxy) is 1. The summed E-state index contributed by atoms with van der Waals surface area (Å²) in [4.78, 5) is 3.46. The van der Waals surface area contributed by atoms with Gasteiger partial charge in [-0.05, 0) is 118 Å². The summed E-state index contributed by atoms with van der Waals surface area (Å²) in [5, 5.41) is 1.86. The Morgan fingerprint density at radius 3 is 1.78 bits per heavy atom. The Morgan fingerprint density at radius 1 is 0.378 bits per heavy atom. The third kappa shape index (κ3) is 5.95. The van der Waals surface area contributed by atoms with Crippen LogP contribution in [0, 0.1) is 47.3 Å². The Labute approximate surface area is 282 Å². The monoisotopic (exact) mass is 636 g/mol. The predicted molar refractivity (Wildman–Crippen MR) is 190 cm³/mol. The van der Waals surface area contributed by atoms with Crippen molar-refractivity contribution >= 4 is 11.8 Å². The van der Waals surface area contributed by atoms with Crippen molar-refractivity contribution in [2.45, 2.75) is 214 Å². The van der Waals surface area contributed by atoms with Gasteiger partial charge in [0.25, 0.3) is 0 Å². The first kappa shape index (κ1) is 31.3. The van der Waals surface area contributed by atoms with Gasteiger partial charge in [0.05, 0.1) is 12.2 Å². The van der Waals surface area contributed by atoms with Gasteiger partial charge >= 0.3 is 0 Å². The van der Waals surface area contributed by atoms with Gasteiger partial charge in [0.2, 0.25) is 0 Å². The van der Waals surface area contributed by atoms with Crippen molar-refractivity contribution in [2.24, 2.45) is 47.3 Å². The summed E-state index contributed by atoms with van der Waals surface area (Å²) in [5.74, 6) is 8.03. The first-order valence-electron chi connectivity index (χ1n) is 21.4. The molecule has 11 unspecified atom stereocenters. The lowest BCUT2D eigenvalue weighted by Gasteiger charge is -2.55. The molecule has 9 fully saturated rings. The summed E-state index contributed by atoms with van der Waals surface area (Å²) in [6.45, 7) is 0. The SMILES string of the molecule is C1CCC(C2CCC(N(C3CCCCC3C3CCCCC3)C3CCCC4C5CCC6OC7CCCCC7C6C5SC43)CC2)CC1. The molecule has 0 N–H and O–H groups in total. The summed E-state index contributed by atoms with van der Waals surface area (Å²) >= 11 is 2.61. The Kier molecular flexibility index (Phi) is 9.65. The Balaban J connectivity index is 0.994. The lowest BCUT2D eigenvalue weighted by molar-refractivity contribution is -0.0389. The molecule has 11 atom stereocenters. The molecule has 0 aromatic rings. The number of nitrogens with zero attached hydrogens (tertiary/aromatic N) is 1. The van der Waals surface area contributed by atoms with Crippen LogP contribution in [0.3, 0.4) is 0 Å². The van der Waals surface area contributed by atoms with Gasteiger partial charge in [-0.2, -0.15) is 11.8 Å². The lowest BCUT2D eigenvalue weighted by Crippen LogP contribution is -2.59. The Bertz CT molecular complexity index is 966. The molecule has 2 nitrogen and oxygen atoms in total. The summed E-state index contributed by atoms with van der Waals surface area (Å²) < 4.78 is 6.91. The van der Waals surface area contributed by atoms with Gasteiger partial charge in [-0.3, -0.25) is 4.90 Å². The predicted octanol–water partition coefficient (Wildman–Crippen LogP) is 11.2. The molecule has 0 spiro atoms. The van der Waals surface area contributed by atoms with E-state index in [4.69, 9.17) is 4.74 Å². The van der Waals surface area contributed by atoms with E-state index in [-0.39, 0.29) is 0 Å². The lowest BCUT2D eigenvalue weighted by atomic mass is 9.64. The Morgan fingerprint density at radius 2 is 0.978 bits per heavy atom. The van der Waals surface area contributed by atoms with Crippen LogP contribution in [0.25, 0.3) is 0 Å². The van der Waals surface area contributed by atoms with Gasteiger partial charge in [-0.1, -0.05) is 96.3 Å². The molecule has 0 aromatic heterocycles. The summed E-state index contributed by atoms with van der Waals surface area (Å²) in [5.41, 5.74) is 0. The van der Waals surface area contributed by atoms with Crippen LogP contribution in [0.4, 0.5) is 0 Å². The average molecular weight is 636 g/mol. The van der Waals surface area contributed by atoms with Crippen molar-refractivity contribution in [3.05, 3.63) is 0 Å². The van der Waals surface area contributed by atoms with Crippen molar-refractivity contribution in [1.82, 2.24) is 4.90 Å². The zero-order valence-corrected chi connectivity index (χ0v) is 29.8. The summed E-state index contributed by atoms with van der Waals surface area (Å²) in [6.07, 6.45) is 42.3. The highest BCUT2D eigenvalue weighted by atomic mass is 32.2. The van der Waals surface area contributed by atoms with Gasteiger partial charge in [0.15, 0.2) is 0 Å².